The van der Waals surface area contributed by atoms with E-state index in [9.17, 15) is 9.59 Å². The van der Waals surface area contributed by atoms with E-state index in [1.165, 1.54) is 14.2 Å². The first-order valence-electron chi connectivity index (χ1n) is 10.1. The van der Waals surface area contributed by atoms with Crippen LogP contribution in [0.2, 0.25) is 0 Å². The Morgan fingerprint density at radius 2 is 1.55 bits per heavy atom. The van der Waals surface area contributed by atoms with Crippen molar-refractivity contribution in [3.63, 3.8) is 0 Å². The molecule has 0 aliphatic carbocycles. The molecule has 33 heavy (non-hydrogen) atoms. The molecule has 4 aromatic rings. The molecule has 0 amide bonds. The van der Waals surface area contributed by atoms with Gasteiger partial charge in [-0.3, -0.25) is 0 Å². The number of carbonyl (C=O) groups excluding carboxylic acids is 1. The third kappa shape index (κ3) is 4.13. The van der Waals surface area contributed by atoms with Gasteiger partial charge in [0.05, 0.1) is 26.9 Å². The van der Waals surface area contributed by atoms with Crippen LogP contribution < -0.4 is 24.6 Å². The predicted molar refractivity (Wildman–Crippen MR) is 124 cm³/mol. The Balaban J connectivity index is 1.77. The van der Waals surface area contributed by atoms with Gasteiger partial charge in [-0.2, -0.15) is 0 Å². The molecule has 0 N–H and O–H groups in total. The largest absolute Gasteiger partial charge is 0.496 e. The van der Waals surface area contributed by atoms with E-state index >= 15 is 0 Å². The van der Waals surface area contributed by atoms with Crippen molar-refractivity contribution in [2.45, 2.75) is 6.92 Å². The van der Waals surface area contributed by atoms with E-state index in [0.717, 1.165) is 0 Å². The van der Waals surface area contributed by atoms with E-state index < -0.39 is 11.6 Å². The summed E-state index contributed by atoms with van der Waals surface area (Å²) in [7, 11) is 4.56. The summed E-state index contributed by atoms with van der Waals surface area (Å²) in [5, 5.41) is 0.643. The third-order valence-electron chi connectivity index (χ3n) is 5.35. The smallest absolute Gasteiger partial charge is 0.347 e. The van der Waals surface area contributed by atoms with Gasteiger partial charge in [0.1, 0.15) is 22.6 Å². The van der Waals surface area contributed by atoms with Gasteiger partial charge in [0.25, 0.3) is 0 Å². The first kappa shape index (κ1) is 22.0. The van der Waals surface area contributed by atoms with Gasteiger partial charge >= 0.3 is 11.6 Å². The van der Waals surface area contributed by atoms with E-state index in [4.69, 9.17) is 23.4 Å². The van der Waals surface area contributed by atoms with Crippen LogP contribution in [-0.4, -0.2) is 27.3 Å². The summed E-state index contributed by atoms with van der Waals surface area (Å²) in [4.78, 5) is 25.5. The van der Waals surface area contributed by atoms with Crippen LogP contribution in [0.25, 0.3) is 22.1 Å². The topological polar surface area (TPSA) is 84.2 Å². The van der Waals surface area contributed by atoms with Crippen LogP contribution in [0.5, 0.6) is 23.0 Å². The predicted octanol–water partition coefficient (Wildman–Crippen LogP) is 5.01. The summed E-state index contributed by atoms with van der Waals surface area (Å²) in [6.45, 7) is 1.82. The second kappa shape index (κ2) is 9.08. The fourth-order valence-corrected chi connectivity index (χ4v) is 3.69. The van der Waals surface area contributed by atoms with Gasteiger partial charge in [0, 0.05) is 5.39 Å². The molecule has 7 heteroatoms. The maximum absolute atomic E-state index is 12.8. The van der Waals surface area contributed by atoms with Gasteiger partial charge in [0.15, 0.2) is 11.5 Å². The zero-order valence-corrected chi connectivity index (χ0v) is 18.6. The second-order valence-electron chi connectivity index (χ2n) is 7.21. The Kier molecular flexibility index (Phi) is 6.04. The van der Waals surface area contributed by atoms with Gasteiger partial charge in [-0.05, 0) is 60.5 Å². The van der Waals surface area contributed by atoms with Crippen LogP contribution in [0.15, 0.2) is 69.9 Å². The van der Waals surface area contributed by atoms with Crippen LogP contribution in [0.3, 0.4) is 0 Å². The van der Waals surface area contributed by atoms with Crippen molar-refractivity contribution < 1.29 is 28.2 Å². The summed E-state index contributed by atoms with van der Waals surface area (Å²) in [6, 6.07) is 16.9. The molecule has 0 unspecified atom stereocenters. The zero-order chi connectivity index (χ0) is 23.5. The number of carbonyl (C=O) groups is 1. The number of aryl methyl sites for hydroxylation is 1. The van der Waals surface area contributed by atoms with Crippen molar-refractivity contribution in [3.8, 4) is 34.1 Å². The zero-order valence-electron chi connectivity index (χ0n) is 18.6. The van der Waals surface area contributed by atoms with E-state index in [0.29, 0.717) is 56.2 Å². The molecule has 0 aliphatic heterocycles. The molecule has 0 fully saturated rings. The molecule has 0 aliphatic rings. The standard InChI is InChI=1S/C26H22O7/c1-15-19-14-17(32-25(27)18-7-5-6-8-20(18)29-2)10-12-21(19)33-26(28)24(15)16-9-11-22(30-3)23(13-16)31-4/h5-14H,1-4H3. The Morgan fingerprint density at radius 3 is 2.27 bits per heavy atom. The van der Waals surface area contributed by atoms with Crippen molar-refractivity contribution in [2.75, 3.05) is 21.3 Å². The highest BCUT2D eigenvalue weighted by Gasteiger charge is 2.18. The molecule has 4 rings (SSSR count). The highest BCUT2D eigenvalue weighted by Crippen LogP contribution is 2.35. The minimum absolute atomic E-state index is 0.308. The fourth-order valence-electron chi connectivity index (χ4n) is 3.69. The second-order valence-corrected chi connectivity index (χ2v) is 7.21. The summed E-state index contributed by atoms with van der Waals surface area (Å²) in [5.74, 6) is 1.22. The van der Waals surface area contributed by atoms with Crippen molar-refractivity contribution in [2.24, 2.45) is 0 Å². The average molecular weight is 446 g/mol. The summed E-state index contributed by atoms with van der Waals surface area (Å²) in [5.41, 5.74) is 1.91. The lowest BCUT2D eigenvalue weighted by atomic mass is 9.99. The van der Waals surface area contributed by atoms with Crippen LogP contribution in [0.1, 0.15) is 15.9 Å². The molecular formula is C26H22O7. The number of hydrogen-bond donors (Lipinski definition) is 0. The van der Waals surface area contributed by atoms with Gasteiger partial charge in [0.2, 0.25) is 0 Å². The number of benzene rings is 3. The maximum Gasteiger partial charge on any atom is 0.347 e. The highest BCUT2D eigenvalue weighted by molar-refractivity contribution is 5.95. The van der Waals surface area contributed by atoms with Gasteiger partial charge < -0.3 is 23.4 Å². The molecule has 0 bridgehead atoms. The van der Waals surface area contributed by atoms with Crippen LogP contribution in [0, 0.1) is 6.92 Å². The molecule has 0 atom stereocenters. The van der Waals surface area contributed by atoms with Crippen LogP contribution in [0.4, 0.5) is 0 Å². The number of esters is 1. The summed E-state index contributed by atoms with van der Waals surface area (Å²) in [6.07, 6.45) is 0. The minimum atomic E-state index is -0.554. The summed E-state index contributed by atoms with van der Waals surface area (Å²) >= 11 is 0. The Bertz CT molecular complexity index is 1400. The fraction of sp³-hybridized carbons (Fsp3) is 0.154. The molecule has 3 aromatic carbocycles. The first-order chi connectivity index (χ1) is 16.0. The molecule has 0 spiro atoms. The lowest BCUT2D eigenvalue weighted by Crippen LogP contribution is -2.10. The Morgan fingerprint density at radius 1 is 0.818 bits per heavy atom. The highest BCUT2D eigenvalue weighted by atomic mass is 16.5. The van der Waals surface area contributed by atoms with Crippen LogP contribution >= 0.6 is 0 Å². The van der Waals surface area contributed by atoms with E-state index in [-0.39, 0.29) is 0 Å². The Labute approximate surface area is 190 Å². The van der Waals surface area contributed by atoms with E-state index in [2.05, 4.69) is 0 Å². The summed E-state index contributed by atoms with van der Waals surface area (Å²) < 4.78 is 27.0. The molecule has 0 radical (unpaired) electrons. The molecular weight excluding hydrogens is 424 g/mol. The number of para-hydroxylation sites is 1. The molecule has 0 saturated carbocycles. The van der Waals surface area contributed by atoms with E-state index in [1.54, 1.807) is 67.8 Å². The monoisotopic (exact) mass is 446 g/mol. The Hall–Kier alpha value is -4.26. The quantitative estimate of drug-likeness (QED) is 0.234. The number of ether oxygens (including phenoxy) is 4. The average Bonchev–Trinajstić information content (AvgIpc) is 2.84. The van der Waals surface area contributed by atoms with Crippen molar-refractivity contribution in [1.29, 1.82) is 0 Å². The molecule has 0 saturated heterocycles. The molecule has 1 heterocycles. The minimum Gasteiger partial charge on any atom is -0.496 e. The lowest BCUT2D eigenvalue weighted by molar-refractivity contribution is 0.0731. The van der Waals surface area contributed by atoms with Gasteiger partial charge in [-0.25, -0.2) is 9.59 Å². The number of rotatable bonds is 6. The number of hydrogen-bond acceptors (Lipinski definition) is 7. The van der Waals surface area contributed by atoms with Crippen molar-refractivity contribution >= 4 is 16.9 Å². The van der Waals surface area contributed by atoms with Crippen molar-refractivity contribution in [1.82, 2.24) is 0 Å². The lowest BCUT2D eigenvalue weighted by Gasteiger charge is -2.12. The molecule has 7 nitrogen and oxygen atoms in total. The van der Waals surface area contributed by atoms with Crippen LogP contribution in [-0.2, 0) is 0 Å². The van der Waals surface area contributed by atoms with Crippen molar-refractivity contribution in [3.05, 3.63) is 82.2 Å². The maximum atomic E-state index is 12.8. The number of methoxy groups -OCH3 is 3. The van der Waals surface area contributed by atoms with E-state index in [1.807, 2.05) is 6.92 Å². The molecule has 168 valence electrons. The molecule has 1 aromatic heterocycles. The van der Waals surface area contributed by atoms with Gasteiger partial charge in [-0.1, -0.05) is 18.2 Å². The SMILES string of the molecule is COc1ccc(-c2c(C)c3cc(OC(=O)c4ccccc4OC)ccc3oc2=O)cc1OC. The number of fused-ring (bicyclic) bond motifs is 1. The third-order valence-corrected chi connectivity index (χ3v) is 5.35. The van der Waals surface area contributed by atoms with Gasteiger partial charge in [-0.15, -0.1) is 0 Å². The normalized spacial score (nSPS) is 10.7. The first-order valence-corrected chi connectivity index (χ1v) is 10.1.